The fourth-order valence-electron chi connectivity index (χ4n) is 2.52. The Kier molecular flexibility index (Phi) is 4.58. The molecule has 1 aromatic carbocycles. The zero-order chi connectivity index (χ0) is 16.5. The van der Waals surface area contributed by atoms with Gasteiger partial charge in [-0.3, -0.25) is 0 Å². The zero-order valence-electron chi connectivity index (χ0n) is 12.3. The first-order valence-electron chi connectivity index (χ1n) is 6.59. The van der Waals surface area contributed by atoms with Crippen LogP contribution in [0, 0.1) is 11.3 Å². The lowest BCUT2D eigenvalue weighted by Gasteiger charge is -2.32. The summed E-state index contributed by atoms with van der Waals surface area (Å²) in [5.41, 5.74) is 0.235. The van der Waals surface area contributed by atoms with Crippen LogP contribution in [0.3, 0.4) is 0 Å². The van der Waals surface area contributed by atoms with Gasteiger partial charge in [0.1, 0.15) is 0 Å². The molecule has 120 valence electrons. The van der Waals surface area contributed by atoms with Crippen molar-refractivity contribution in [3.8, 4) is 6.07 Å². The van der Waals surface area contributed by atoms with E-state index in [4.69, 9.17) is 5.26 Å². The molecule has 0 N–H and O–H groups in total. The molecule has 1 aromatic rings. The normalized spacial score (nSPS) is 21.1. The van der Waals surface area contributed by atoms with Gasteiger partial charge in [0.25, 0.3) is 10.0 Å². The van der Waals surface area contributed by atoms with E-state index >= 15 is 0 Å². The number of hydrazine groups is 1. The van der Waals surface area contributed by atoms with Crippen molar-refractivity contribution in [3.05, 3.63) is 29.8 Å². The second kappa shape index (κ2) is 5.96. The number of benzene rings is 1. The van der Waals surface area contributed by atoms with Crippen LogP contribution in [0.2, 0.25) is 0 Å². The lowest BCUT2D eigenvalue weighted by molar-refractivity contribution is 0.0893. The maximum atomic E-state index is 12.8. The molecule has 1 saturated heterocycles. The van der Waals surface area contributed by atoms with Crippen molar-refractivity contribution in [2.45, 2.75) is 17.4 Å². The molecule has 1 heterocycles. The summed E-state index contributed by atoms with van der Waals surface area (Å²) >= 11 is 0. The van der Waals surface area contributed by atoms with E-state index in [1.165, 1.54) is 29.3 Å². The minimum absolute atomic E-state index is 0.0181. The molecule has 0 spiro atoms. The summed E-state index contributed by atoms with van der Waals surface area (Å²) < 4.78 is 50.0. The van der Waals surface area contributed by atoms with Crippen LogP contribution >= 0.6 is 0 Å². The van der Waals surface area contributed by atoms with E-state index in [-0.39, 0.29) is 28.4 Å². The highest BCUT2D eigenvalue weighted by molar-refractivity contribution is 7.92. The van der Waals surface area contributed by atoms with Crippen LogP contribution in [-0.2, 0) is 19.9 Å². The fourth-order valence-corrected chi connectivity index (χ4v) is 6.05. The SMILES string of the molecule is CN(C)N([C@H]1CCS(=O)(=O)C1)S(=O)(=O)c1cccc(C#N)c1. The summed E-state index contributed by atoms with van der Waals surface area (Å²) in [5, 5.41) is 10.3. The molecule has 1 fully saturated rings. The van der Waals surface area contributed by atoms with Gasteiger partial charge in [-0.2, -0.15) is 5.26 Å². The minimum Gasteiger partial charge on any atom is -0.234 e. The highest BCUT2D eigenvalue weighted by Gasteiger charge is 2.40. The Labute approximate surface area is 130 Å². The van der Waals surface area contributed by atoms with E-state index in [2.05, 4.69) is 0 Å². The first kappa shape index (κ1) is 16.9. The monoisotopic (exact) mass is 343 g/mol. The summed E-state index contributed by atoms with van der Waals surface area (Å²) in [5.74, 6) is -0.210. The Morgan fingerprint density at radius 2 is 2.00 bits per heavy atom. The van der Waals surface area contributed by atoms with Crippen LogP contribution in [-0.4, -0.2) is 57.9 Å². The molecule has 22 heavy (non-hydrogen) atoms. The molecule has 0 aliphatic carbocycles. The Hall–Kier alpha value is -1.47. The summed E-state index contributed by atoms with van der Waals surface area (Å²) in [7, 11) is -4.03. The topological polar surface area (TPSA) is 98.6 Å². The third-order valence-corrected chi connectivity index (χ3v) is 7.14. The number of nitrogens with zero attached hydrogens (tertiary/aromatic N) is 3. The predicted octanol–water partition coefficient (Wildman–Crippen LogP) is 0.213. The van der Waals surface area contributed by atoms with Crippen LogP contribution in [0.5, 0.6) is 0 Å². The van der Waals surface area contributed by atoms with Gasteiger partial charge in [-0.05, 0) is 24.6 Å². The van der Waals surface area contributed by atoms with Crippen LogP contribution in [0.25, 0.3) is 0 Å². The second-order valence-electron chi connectivity index (χ2n) is 5.32. The van der Waals surface area contributed by atoms with Crippen molar-refractivity contribution >= 4 is 19.9 Å². The van der Waals surface area contributed by atoms with Gasteiger partial charge in [-0.25, -0.2) is 21.8 Å². The molecule has 1 aliphatic heterocycles. The van der Waals surface area contributed by atoms with Crippen LogP contribution in [0.4, 0.5) is 0 Å². The number of hydrogen-bond donors (Lipinski definition) is 0. The third-order valence-electron chi connectivity index (χ3n) is 3.42. The number of nitriles is 1. The molecular formula is C13H17N3O4S2. The van der Waals surface area contributed by atoms with Gasteiger partial charge in [0, 0.05) is 14.1 Å². The van der Waals surface area contributed by atoms with Gasteiger partial charge < -0.3 is 0 Å². The highest BCUT2D eigenvalue weighted by atomic mass is 32.2. The molecule has 9 heteroatoms. The zero-order valence-corrected chi connectivity index (χ0v) is 13.9. The summed E-state index contributed by atoms with van der Waals surface area (Å²) in [6.07, 6.45) is 0.262. The molecule has 0 saturated carbocycles. The van der Waals surface area contributed by atoms with Crippen molar-refractivity contribution < 1.29 is 16.8 Å². The van der Waals surface area contributed by atoms with Gasteiger partial charge in [0.15, 0.2) is 9.84 Å². The van der Waals surface area contributed by atoms with Crippen molar-refractivity contribution in [1.29, 1.82) is 5.26 Å². The summed E-state index contributed by atoms with van der Waals surface area (Å²) in [6, 6.07) is 6.96. The Morgan fingerprint density at radius 3 is 2.50 bits per heavy atom. The molecule has 0 bridgehead atoms. The molecule has 1 atom stereocenters. The molecule has 0 radical (unpaired) electrons. The average Bonchev–Trinajstić information content (AvgIpc) is 2.78. The van der Waals surface area contributed by atoms with Gasteiger partial charge >= 0.3 is 0 Å². The van der Waals surface area contributed by atoms with Gasteiger partial charge in [0.05, 0.1) is 34.1 Å². The summed E-state index contributed by atoms with van der Waals surface area (Å²) in [6.45, 7) is 0. The fraction of sp³-hybridized carbons (Fsp3) is 0.462. The van der Waals surface area contributed by atoms with E-state index in [9.17, 15) is 16.8 Å². The largest absolute Gasteiger partial charge is 0.256 e. The minimum atomic E-state index is -3.92. The number of sulfonamides is 1. The smallest absolute Gasteiger partial charge is 0.234 e. The number of rotatable bonds is 4. The Morgan fingerprint density at radius 1 is 1.32 bits per heavy atom. The molecule has 7 nitrogen and oxygen atoms in total. The van der Waals surface area contributed by atoms with Crippen molar-refractivity contribution in [3.63, 3.8) is 0 Å². The first-order chi connectivity index (χ1) is 10.2. The highest BCUT2D eigenvalue weighted by Crippen LogP contribution is 2.26. The predicted molar refractivity (Wildman–Crippen MR) is 80.9 cm³/mol. The molecule has 1 aliphatic rings. The third kappa shape index (κ3) is 3.30. The van der Waals surface area contributed by atoms with E-state index in [0.717, 1.165) is 4.41 Å². The van der Waals surface area contributed by atoms with Gasteiger partial charge in [-0.15, -0.1) is 4.41 Å². The van der Waals surface area contributed by atoms with Crippen molar-refractivity contribution in [2.24, 2.45) is 0 Å². The quantitative estimate of drug-likeness (QED) is 0.725. The van der Waals surface area contributed by atoms with Crippen molar-refractivity contribution in [1.82, 2.24) is 9.42 Å². The average molecular weight is 343 g/mol. The lowest BCUT2D eigenvalue weighted by atomic mass is 10.2. The van der Waals surface area contributed by atoms with E-state index < -0.39 is 25.9 Å². The molecule has 0 aromatic heterocycles. The maximum Gasteiger partial charge on any atom is 0.256 e. The summed E-state index contributed by atoms with van der Waals surface area (Å²) in [4.78, 5) is -0.0236. The van der Waals surface area contributed by atoms with E-state index in [1.54, 1.807) is 14.1 Å². The van der Waals surface area contributed by atoms with Crippen LogP contribution in [0.1, 0.15) is 12.0 Å². The molecular weight excluding hydrogens is 326 g/mol. The van der Waals surface area contributed by atoms with Crippen LogP contribution < -0.4 is 0 Å². The molecule has 2 rings (SSSR count). The number of hydrogen-bond acceptors (Lipinski definition) is 6. The Bertz CT molecular complexity index is 810. The number of sulfone groups is 1. The van der Waals surface area contributed by atoms with Gasteiger partial charge in [-0.1, -0.05) is 6.07 Å². The van der Waals surface area contributed by atoms with E-state index in [1.807, 2.05) is 6.07 Å². The maximum absolute atomic E-state index is 12.8. The standard InChI is InChI=1S/C13H17N3O4S2/c1-15(2)16(12-6-7-21(17,18)10-12)22(19,20)13-5-3-4-11(8-13)9-14/h3-5,8,12H,6-7,10H2,1-2H3/t12-/m0/s1. The molecule has 0 amide bonds. The second-order valence-corrected chi connectivity index (χ2v) is 9.35. The van der Waals surface area contributed by atoms with Gasteiger partial charge in [0.2, 0.25) is 0 Å². The van der Waals surface area contributed by atoms with Crippen molar-refractivity contribution in [2.75, 3.05) is 25.6 Å². The first-order valence-corrected chi connectivity index (χ1v) is 9.86. The Balaban J connectivity index is 2.45. The molecule has 0 unspecified atom stereocenters. The lowest BCUT2D eigenvalue weighted by Crippen LogP contribution is -2.49. The van der Waals surface area contributed by atoms with Crippen LogP contribution in [0.15, 0.2) is 29.2 Å². The van der Waals surface area contributed by atoms with E-state index in [0.29, 0.717) is 0 Å².